The lowest BCUT2D eigenvalue weighted by Gasteiger charge is -2.26. The van der Waals surface area contributed by atoms with E-state index >= 15 is 0 Å². The summed E-state index contributed by atoms with van der Waals surface area (Å²) < 4.78 is 0. The Bertz CT molecular complexity index is 2210. The van der Waals surface area contributed by atoms with E-state index in [1.165, 1.54) is 11.1 Å². The smallest absolute Gasteiger partial charge is 0.124 e. The summed E-state index contributed by atoms with van der Waals surface area (Å²) in [4.78, 5) is 2.27. The first-order valence-corrected chi connectivity index (χ1v) is 15.4. The molecule has 0 heterocycles. The van der Waals surface area contributed by atoms with Gasteiger partial charge in [0.1, 0.15) is 5.75 Å². The molecule has 7 aromatic carbocycles. The van der Waals surface area contributed by atoms with Crippen molar-refractivity contribution in [1.29, 1.82) is 0 Å². The molecule has 0 aromatic heterocycles. The minimum atomic E-state index is 0.295. The quantitative estimate of drug-likeness (QED) is 0.140. The normalized spacial score (nSPS) is 11.4. The Morgan fingerprint density at radius 3 is 1.76 bits per heavy atom. The SMILES string of the molecule is C=C/C=C(\C=C)c1ccc(N(c2ccc(-c3ccccc3)cc2)c2ccc(-c3ccc(O)c4c3ccc3ccccc34)cc2)cc1. The predicted octanol–water partition coefficient (Wildman–Crippen LogP) is 12.3. The van der Waals surface area contributed by atoms with Gasteiger partial charge in [-0.15, -0.1) is 0 Å². The highest BCUT2D eigenvalue weighted by Crippen LogP contribution is 2.41. The molecule has 0 aliphatic carbocycles. The van der Waals surface area contributed by atoms with Crippen LogP contribution in [0.1, 0.15) is 5.56 Å². The van der Waals surface area contributed by atoms with Gasteiger partial charge in [-0.05, 0) is 92.0 Å². The average molecular weight is 592 g/mol. The molecule has 0 fully saturated rings. The van der Waals surface area contributed by atoms with Gasteiger partial charge < -0.3 is 10.0 Å². The van der Waals surface area contributed by atoms with Crippen LogP contribution in [0.4, 0.5) is 17.1 Å². The van der Waals surface area contributed by atoms with Crippen LogP contribution in [0.25, 0.3) is 49.4 Å². The van der Waals surface area contributed by atoms with Crippen molar-refractivity contribution in [2.24, 2.45) is 0 Å². The van der Waals surface area contributed by atoms with Crippen molar-refractivity contribution >= 4 is 44.2 Å². The number of aromatic hydroxyl groups is 1. The molecule has 2 nitrogen and oxygen atoms in total. The van der Waals surface area contributed by atoms with Crippen molar-refractivity contribution in [2.45, 2.75) is 0 Å². The molecule has 46 heavy (non-hydrogen) atoms. The van der Waals surface area contributed by atoms with Gasteiger partial charge in [0.15, 0.2) is 0 Å². The molecule has 0 bridgehead atoms. The number of anilines is 3. The zero-order valence-electron chi connectivity index (χ0n) is 25.5. The van der Waals surface area contributed by atoms with E-state index in [1.807, 2.05) is 36.4 Å². The molecule has 220 valence electrons. The van der Waals surface area contributed by atoms with E-state index in [1.54, 1.807) is 12.1 Å². The van der Waals surface area contributed by atoms with E-state index in [0.717, 1.165) is 60.9 Å². The third-order valence-corrected chi connectivity index (χ3v) is 8.53. The fourth-order valence-corrected chi connectivity index (χ4v) is 6.24. The summed E-state index contributed by atoms with van der Waals surface area (Å²) in [5.41, 5.74) is 9.80. The van der Waals surface area contributed by atoms with Gasteiger partial charge in [-0.3, -0.25) is 0 Å². The van der Waals surface area contributed by atoms with Gasteiger partial charge in [-0.25, -0.2) is 0 Å². The summed E-state index contributed by atoms with van der Waals surface area (Å²) in [6, 6.07) is 52.6. The zero-order valence-corrected chi connectivity index (χ0v) is 25.5. The highest BCUT2D eigenvalue weighted by molar-refractivity contribution is 6.14. The number of benzene rings is 7. The summed E-state index contributed by atoms with van der Waals surface area (Å²) in [5.74, 6) is 0.295. The molecule has 0 saturated carbocycles. The van der Waals surface area contributed by atoms with Gasteiger partial charge in [-0.2, -0.15) is 0 Å². The average Bonchev–Trinajstić information content (AvgIpc) is 3.12. The van der Waals surface area contributed by atoms with Crippen LogP contribution in [0.2, 0.25) is 0 Å². The van der Waals surface area contributed by atoms with E-state index in [9.17, 15) is 5.11 Å². The summed E-state index contributed by atoms with van der Waals surface area (Å²) in [6.45, 7) is 7.82. The van der Waals surface area contributed by atoms with Crippen molar-refractivity contribution in [1.82, 2.24) is 0 Å². The summed E-state index contributed by atoms with van der Waals surface area (Å²) in [6.07, 6.45) is 5.61. The molecular formula is C44H33NO. The Labute approximate surface area is 270 Å². The fraction of sp³-hybridized carbons (Fsp3) is 0. The number of fused-ring (bicyclic) bond motifs is 3. The molecule has 7 aromatic rings. The molecule has 0 unspecified atom stereocenters. The number of nitrogens with zero attached hydrogens (tertiary/aromatic N) is 1. The monoisotopic (exact) mass is 591 g/mol. The number of allylic oxidation sites excluding steroid dienone is 4. The number of phenols is 1. The highest BCUT2D eigenvalue weighted by Gasteiger charge is 2.15. The van der Waals surface area contributed by atoms with Gasteiger partial charge in [0.2, 0.25) is 0 Å². The molecule has 0 amide bonds. The van der Waals surface area contributed by atoms with Crippen molar-refractivity contribution in [3.63, 3.8) is 0 Å². The molecule has 2 heteroatoms. The maximum absolute atomic E-state index is 10.9. The van der Waals surface area contributed by atoms with E-state index < -0.39 is 0 Å². The van der Waals surface area contributed by atoms with E-state index in [2.05, 4.69) is 139 Å². The number of hydrogen-bond acceptors (Lipinski definition) is 2. The third kappa shape index (κ3) is 5.38. The molecule has 0 spiro atoms. The standard InChI is InChI=1S/C44H33NO/c1-3-10-31(4-2)33-15-22-37(23-16-33)45(38-24-17-34(18-25-38)32-11-6-5-7-12-32)39-26-19-36(20-27-39)40-29-30-43(46)44-41-14-9-8-13-35(41)21-28-42(40)44/h3-30,46H,1-2H2/b31-10+. The molecule has 0 aliphatic rings. The second-order valence-electron chi connectivity index (χ2n) is 11.2. The minimum absolute atomic E-state index is 0.295. The number of rotatable bonds is 8. The van der Waals surface area contributed by atoms with Crippen LogP contribution in [-0.2, 0) is 0 Å². The molecule has 0 radical (unpaired) electrons. The van der Waals surface area contributed by atoms with Gasteiger partial charge >= 0.3 is 0 Å². The lowest BCUT2D eigenvalue weighted by molar-refractivity contribution is 0.482. The van der Waals surface area contributed by atoms with Crippen LogP contribution >= 0.6 is 0 Å². The Balaban J connectivity index is 1.31. The fourth-order valence-electron chi connectivity index (χ4n) is 6.24. The van der Waals surface area contributed by atoms with Gasteiger partial charge in [-0.1, -0.05) is 141 Å². The lowest BCUT2D eigenvalue weighted by atomic mass is 9.94. The van der Waals surface area contributed by atoms with Crippen LogP contribution in [0.15, 0.2) is 183 Å². The van der Waals surface area contributed by atoms with Crippen LogP contribution in [0.5, 0.6) is 5.75 Å². The van der Waals surface area contributed by atoms with Crippen molar-refractivity contribution in [2.75, 3.05) is 4.90 Å². The maximum Gasteiger partial charge on any atom is 0.124 e. The van der Waals surface area contributed by atoms with Crippen LogP contribution in [0.3, 0.4) is 0 Å². The van der Waals surface area contributed by atoms with Crippen LogP contribution in [-0.4, -0.2) is 5.11 Å². The van der Waals surface area contributed by atoms with Crippen molar-refractivity contribution in [3.05, 3.63) is 189 Å². The molecule has 1 N–H and O–H groups in total. The number of phenolic OH excluding ortho intramolecular Hbond substituents is 1. The minimum Gasteiger partial charge on any atom is -0.507 e. The topological polar surface area (TPSA) is 23.5 Å². The van der Waals surface area contributed by atoms with Crippen molar-refractivity contribution in [3.8, 4) is 28.0 Å². The van der Waals surface area contributed by atoms with E-state index in [4.69, 9.17) is 0 Å². The van der Waals surface area contributed by atoms with Gasteiger partial charge in [0.05, 0.1) is 0 Å². The molecule has 0 saturated heterocycles. The summed E-state index contributed by atoms with van der Waals surface area (Å²) in [7, 11) is 0. The molecular weight excluding hydrogens is 558 g/mol. The second-order valence-corrected chi connectivity index (χ2v) is 11.2. The summed E-state index contributed by atoms with van der Waals surface area (Å²) >= 11 is 0. The summed E-state index contributed by atoms with van der Waals surface area (Å²) in [5, 5.41) is 14.9. The van der Waals surface area contributed by atoms with E-state index in [0.29, 0.717) is 5.75 Å². The Morgan fingerprint density at radius 2 is 1.11 bits per heavy atom. The Morgan fingerprint density at radius 1 is 0.522 bits per heavy atom. The first kappa shape index (κ1) is 28.6. The molecule has 7 rings (SSSR count). The van der Waals surface area contributed by atoms with Crippen LogP contribution in [0, 0.1) is 0 Å². The van der Waals surface area contributed by atoms with E-state index in [-0.39, 0.29) is 0 Å². The largest absolute Gasteiger partial charge is 0.507 e. The first-order valence-electron chi connectivity index (χ1n) is 15.4. The van der Waals surface area contributed by atoms with Gasteiger partial charge in [0.25, 0.3) is 0 Å². The predicted molar refractivity (Wildman–Crippen MR) is 197 cm³/mol. The zero-order chi connectivity index (χ0) is 31.5. The van der Waals surface area contributed by atoms with Crippen molar-refractivity contribution < 1.29 is 5.11 Å². The highest BCUT2D eigenvalue weighted by atomic mass is 16.3. The first-order chi connectivity index (χ1) is 22.6. The van der Waals surface area contributed by atoms with Gasteiger partial charge in [0, 0.05) is 22.4 Å². The number of hydrogen-bond donors (Lipinski definition) is 1. The maximum atomic E-state index is 10.9. The molecule has 0 atom stereocenters. The second kappa shape index (κ2) is 12.5. The van der Waals surface area contributed by atoms with Crippen LogP contribution < -0.4 is 4.90 Å². The Kier molecular flexibility index (Phi) is 7.77. The third-order valence-electron chi connectivity index (χ3n) is 8.53. The lowest BCUT2D eigenvalue weighted by Crippen LogP contribution is -2.10. The molecule has 0 aliphatic heterocycles. The Hall–Kier alpha value is -6.12.